The van der Waals surface area contributed by atoms with Crippen LogP contribution in [-0.4, -0.2) is 44.3 Å². The normalized spacial score (nSPS) is 24.9. The minimum atomic E-state index is -3.34. The molecule has 2 aromatic rings. The third-order valence-corrected chi connectivity index (χ3v) is 6.44. The lowest BCUT2D eigenvalue weighted by atomic mass is 10.2. The average Bonchev–Trinajstić information content (AvgIpc) is 2.94. The van der Waals surface area contributed by atoms with Gasteiger partial charge in [-0.15, -0.1) is 11.8 Å². The number of para-hydroxylation sites is 1. The van der Waals surface area contributed by atoms with Crippen molar-refractivity contribution in [1.82, 2.24) is 14.5 Å². The van der Waals surface area contributed by atoms with E-state index in [9.17, 15) is 14.5 Å². The number of benzene rings is 1. The second-order valence-corrected chi connectivity index (χ2v) is 9.21. The number of aromatic nitrogens is 3. The summed E-state index contributed by atoms with van der Waals surface area (Å²) in [6.07, 6.45) is 0.896. The molecule has 0 spiro atoms. The van der Waals surface area contributed by atoms with E-state index in [1.165, 1.54) is 29.3 Å². The standard InChI is InChI=1S/C15H19N4O5PS/c1-25(22,24-10-5-3-2-4-6-10)23-8-12-11(20)7-13(26-12)19-9-17-14(16)18-15(19)21/h2-6,9,11-13,20H,7-8H2,1H3,(H2,16,18,21)/t11-,12-,13-,25+/m1/s1. The summed E-state index contributed by atoms with van der Waals surface area (Å²) >= 11 is 1.33. The van der Waals surface area contributed by atoms with Crippen molar-refractivity contribution in [2.24, 2.45) is 0 Å². The number of nitrogens with zero attached hydrogens (tertiary/aromatic N) is 3. The molecule has 0 aliphatic carbocycles. The minimum absolute atomic E-state index is 0.0214. The molecule has 0 bridgehead atoms. The molecule has 1 saturated heterocycles. The van der Waals surface area contributed by atoms with Crippen LogP contribution in [0.3, 0.4) is 0 Å². The summed E-state index contributed by atoms with van der Waals surface area (Å²) in [6, 6.07) is 8.72. The van der Waals surface area contributed by atoms with Gasteiger partial charge in [0.05, 0.1) is 23.3 Å². The van der Waals surface area contributed by atoms with E-state index in [1.807, 2.05) is 6.07 Å². The van der Waals surface area contributed by atoms with Crippen LogP contribution in [0.15, 0.2) is 41.5 Å². The van der Waals surface area contributed by atoms with Crippen LogP contribution in [0.4, 0.5) is 5.95 Å². The maximum absolute atomic E-state index is 12.5. The fraction of sp³-hybridized carbons (Fsp3) is 0.400. The zero-order valence-electron chi connectivity index (χ0n) is 14.0. The van der Waals surface area contributed by atoms with Gasteiger partial charge in [0.2, 0.25) is 5.95 Å². The maximum atomic E-state index is 12.5. The van der Waals surface area contributed by atoms with Gasteiger partial charge < -0.3 is 15.4 Å². The highest BCUT2D eigenvalue weighted by atomic mass is 32.2. The van der Waals surface area contributed by atoms with Crippen molar-refractivity contribution in [3.05, 3.63) is 47.1 Å². The molecule has 1 aliphatic rings. The first kappa shape index (κ1) is 18.9. The molecule has 2 heterocycles. The Kier molecular flexibility index (Phi) is 5.67. The van der Waals surface area contributed by atoms with Crippen molar-refractivity contribution in [2.45, 2.75) is 23.1 Å². The van der Waals surface area contributed by atoms with Gasteiger partial charge in [0.25, 0.3) is 0 Å². The lowest BCUT2D eigenvalue weighted by Crippen LogP contribution is -2.26. The number of nitrogens with two attached hydrogens (primary N) is 1. The third-order valence-electron chi connectivity index (χ3n) is 3.75. The SMILES string of the molecule is C[P@](=O)(OC[C@H]1S[C@@H](n2cnc(N)nc2=O)C[C@H]1O)Oc1ccccc1. The summed E-state index contributed by atoms with van der Waals surface area (Å²) in [5.41, 5.74) is 4.85. The van der Waals surface area contributed by atoms with Crippen molar-refractivity contribution in [3.63, 3.8) is 0 Å². The molecule has 0 radical (unpaired) electrons. The predicted molar refractivity (Wildman–Crippen MR) is 98.3 cm³/mol. The van der Waals surface area contributed by atoms with E-state index in [-0.39, 0.29) is 23.2 Å². The fourth-order valence-electron chi connectivity index (χ4n) is 2.50. The number of nitrogen functional groups attached to an aromatic ring is 1. The van der Waals surface area contributed by atoms with Gasteiger partial charge in [-0.2, -0.15) is 4.98 Å². The lowest BCUT2D eigenvalue weighted by Gasteiger charge is -2.19. The number of rotatable bonds is 6. The number of thioether (sulfide) groups is 1. The molecule has 0 unspecified atom stereocenters. The van der Waals surface area contributed by atoms with Gasteiger partial charge in [-0.05, 0) is 12.1 Å². The first-order valence-corrected chi connectivity index (χ1v) is 10.8. The Bertz CT molecular complexity index is 865. The second-order valence-electron chi connectivity index (χ2n) is 5.81. The van der Waals surface area contributed by atoms with Crippen LogP contribution in [0, 0.1) is 0 Å². The summed E-state index contributed by atoms with van der Waals surface area (Å²) < 4.78 is 24.6. The average molecular weight is 398 g/mol. The van der Waals surface area contributed by atoms with E-state index in [0.717, 1.165) is 0 Å². The van der Waals surface area contributed by atoms with Crippen molar-refractivity contribution < 1.29 is 18.7 Å². The van der Waals surface area contributed by atoms with Crippen molar-refractivity contribution in [3.8, 4) is 5.75 Å². The van der Waals surface area contributed by atoms with Crippen LogP contribution in [0.2, 0.25) is 0 Å². The Labute approximate surface area is 154 Å². The van der Waals surface area contributed by atoms with Gasteiger partial charge in [-0.3, -0.25) is 9.09 Å². The second kappa shape index (κ2) is 7.79. The molecule has 1 aromatic heterocycles. The largest absolute Gasteiger partial charge is 0.425 e. The molecule has 1 fully saturated rings. The van der Waals surface area contributed by atoms with E-state index in [0.29, 0.717) is 12.2 Å². The predicted octanol–water partition coefficient (Wildman–Crippen LogP) is 1.50. The summed E-state index contributed by atoms with van der Waals surface area (Å²) in [5.74, 6) is 0.348. The molecule has 3 rings (SSSR count). The first-order chi connectivity index (χ1) is 12.3. The van der Waals surface area contributed by atoms with Crippen LogP contribution in [-0.2, 0) is 9.09 Å². The van der Waals surface area contributed by atoms with Crippen molar-refractivity contribution >= 4 is 25.3 Å². The number of hydrogen-bond acceptors (Lipinski definition) is 9. The van der Waals surface area contributed by atoms with E-state index in [4.69, 9.17) is 14.8 Å². The Morgan fingerprint density at radius 1 is 1.42 bits per heavy atom. The Hall–Kier alpha value is -1.87. The molecule has 140 valence electrons. The molecule has 1 aromatic carbocycles. The minimum Gasteiger partial charge on any atom is -0.425 e. The molecule has 0 saturated carbocycles. The van der Waals surface area contributed by atoms with Gasteiger partial charge in [0.1, 0.15) is 12.1 Å². The van der Waals surface area contributed by atoms with Gasteiger partial charge in [-0.1, -0.05) is 18.2 Å². The van der Waals surface area contributed by atoms with Gasteiger partial charge in [0.15, 0.2) is 0 Å². The van der Waals surface area contributed by atoms with Gasteiger partial charge >= 0.3 is 13.3 Å². The summed E-state index contributed by atoms with van der Waals surface area (Å²) in [5, 5.41) is 9.53. The molecule has 4 atom stereocenters. The first-order valence-electron chi connectivity index (χ1n) is 7.85. The summed E-state index contributed by atoms with van der Waals surface area (Å²) in [6.45, 7) is 1.40. The smallest absolute Gasteiger partial charge is 0.376 e. The van der Waals surface area contributed by atoms with E-state index >= 15 is 0 Å². The molecular weight excluding hydrogens is 379 g/mol. The number of aliphatic hydroxyl groups excluding tert-OH is 1. The Balaban J connectivity index is 1.60. The van der Waals surface area contributed by atoms with E-state index in [2.05, 4.69) is 9.97 Å². The van der Waals surface area contributed by atoms with Crippen LogP contribution in [0.5, 0.6) is 5.75 Å². The summed E-state index contributed by atoms with van der Waals surface area (Å²) in [7, 11) is -3.34. The number of anilines is 1. The van der Waals surface area contributed by atoms with Crippen molar-refractivity contribution in [1.29, 1.82) is 0 Å². The zero-order chi connectivity index (χ0) is 18.7. The van der Waals surface area contributed by atoms with E-state index in [1.54, 1.807) is 24.3 Å². The fourth-order valence-corrected chi connectivity index (χ4v) is 5.01. The van der Waals surface area contributed by atoms with Crippen molar-refractivity contribution in [2.75, 3.05) is 19.0 Å². The van der Waals surface area contributed by atoms with Crippen LogP contribution in [0.25, 0.3) is 0 Å². The van der Waals surface area contributed by atoms with Crippen LogP contribution >= 0.6 is 19.4 Å². The molecule has 3 N–H and O–H groups in total. The van der Waals surface area contributed by atoms with Gasteiger partial charge in [-0.25, -0.2) is 14.3 Å². The Morgan fingerprint density at radius 3 is 2.85 bits per heavy atom. The monoisotopic (exact) mass is 398 g/mol. The molecule has 0 amide bonds. The Morgan fingerprint density at radius 2 is 2.15 bits per heavy atom. The maximum Gasteiger partial charge on any atom is 0.376 e. The van der Waals surface area contributed by atoms with Gasteiger partial charge in [0, 0.05) is 13.1 Å². The molecule has 11 heteroatoms. The van der Waals surface area contributed by atoms with Crippen LogP contribution < -0.4 is 15.9 Å². The lowest BCUT2D eigenvalue weighted by molar-refractivity contribution is 0.140. The molecule has 1 aliphatic heterocycles. The zero-order valence-corrected chi connectivity index (χ0v) is 15.7. The quantitative estimate of drug-likeness (QED) is 0.695. The molecular formula is C15H19N4O5PS. The highest BCUT2D eigenvalue weighted by Crippen LogP contribution is 2.47. The van der Waals surface area contributed by atoms with E-state index < -0.39 is 19.4 Å². The summed E-state index contributed by atoms with van der Waals surface area (Å²) in [4.78, 5) is 19.3. The topological polar surface area (TPSA) is 130 Å². The van der Waals surface area contributed by atoms with Crippen LogP contribution in [0.1, 0.15) is 11.8 Å². The number of aliphatic hydroxyl groups is 1. The molecule has 9 nitrogen and oxygen atoms in total. The highest BCUT2D eigenvalue weighted by molar-refractivity contribution is 8.00. The highest BCUT2D eigenvalue weighted by Gasteiger charge is 2.37. The number of hydrogen-bond donors (Lipinski definition) is 2. The molecule has 26 heavy (non-hydrogen) atoms. The third kappa shape index (κ3) is 4.64.